The van der Waals surface area contributed by atoms with Gasteiger partial charge >= 0.3 is 0 Å². The van der Waals surface area contributed by atoms with Crippen molar-refractivity contribution in [2.45, 2.75) is 32.7 Å². The van der Waals surface area contributed by atoms with E-state index in [-0.39, 0.29) is 17.9 Å². The number of alkyl halides is 2. The van der Waals surface area contributed by atoms with E-state index in [1.807, 2.05) is 0 Å². The summed E-state index contributed by atoms with van der Waals surface area (Å²) < 4.78 is 48.1. The highest BCUT2D eigenvalue weighted by Gasteiger charge is 2.25. The summed E-state index contributed by atoms with van der Waals surface area (Å²) in [5.41, 5.74) is 0.818. The number of pyridine rings is 1. The van der Waals surface area contributed by atoms with Gasteiger partial charge in [-0.15, -0.1) is 5.10 Å². The van der Waals surface area contributed by atoms with Crippen molar-refractivity contribution in [3.8, 4) is 0 Å². The lowest BCUT2D eigenvalue weighted by molar-refractivity contribution is -0.118. The van der Waals surface area contributed by atoms with Crippen molar-refractivity contribution in [3.63, 3.8) is 0 Å². The molecule has 1 aliphatic rings. The molecule has 1 fully saturated rings. The summed E-state index contributed by atoms with van der Waals surface area (Å²) in [6.45, 7) is 4.43. The SMILES string of the molecule is Cc1nc2c(N3CCOCCC3=O)cc3c(N[C@H](C)c4cccc(C(F)F)c4F)ncnc3n2n1. The fourth-order valence-electron chi connectivity index (χ4n) is 4.22. The molecule has 3 aromatic heterocycles. The fourth-order valence-corrected chi connectivity index (χ4v) is 4.22. The number of nitrogens with one attached hydrogen (secondary N) is 1. The number of rotatable bonds is 5. The largest absolute Gasteiger partial charge is 0.379 e. The molecular weight excluding hydrogens is 463 g/mol. The molecular formula is C23H22F3N7O2. The van der Waals surface area contributed by atoms with Gasteiger partial charge in [0.15, 0.2) is 11.3 Å². The van der Waals surface area contributed by atoms with E-state index < -0.39 is 23.8 Å². The Morgan fingerprint density at radius 3 is 2.74 bits per heavy atom. The Kier molecular flexibility index (Phi) is 5.97. The van der Waals surface area contributed by atoms with Crippen molar-refractivity contribution >= 4 is 34.1 Å². The molecule has 5 rings (SSSR count). The van der Waals surface area contributed by atoms with Crippen LogP contribution >= 0.6 is 0 Å². The number of carbonyl (C=O) groups excluding carboxylic acids is 1. The van der Waals surface area contributed by atoms with Crippen molar-refractivity contribution < 1.29 is 22.7 Å². The molecule has 12 heteroatoms. The minimum Gasteiger partial charge on any atom is -0.379 e. The molecule has 0 saturated carbocycles. The minimum absolute atomic E-state index is 0.0762. The number of benzene rings is 1. The van der Waals surface area contributed by atoms with Crippen LogP contribution in [0.2, 0.25) is 0 Å². The van der Waals surface area contributed by atoms with Crippen LogP contribution in [0.5, 0.6) is 0 Å². The predicted molar refractivity (Wildman–Crippen MR) is 122 cm³/mol. The number of anilines is 2. The Morgan fingerprint density at radius 1 is 1.14 bits per heavy atom. The lowest BCUT2D eigenvalue weighted by Crippen LogP contribution is -2.32. The first-order valence-corrected chi connectivity index (χ1v) is 11.1. The summed E-state index contributed by atoms with van der Waals surface area (Å²) in [6.07, 6.45) is -1.38. The number of hydrogen-bond acceptors (Lipinski definition) is 7. The van der Waals surface area contributed by atoms with Crippen molar-refractivity contribution in [2.24, 2.45) is 0 Å². The van der Waals surface area contributed by atoms with Crippen molar-refractivity contribution in [1.82, 2.24) is 24.6 Å². The second-order valence-electron chi connectivity index (χ2n) is 8.21. The van der Waals surface area contributed by atoms with Crippen LogP contribution in [-0.4, -0.2) is 50.2 Å². The number of ether oxygens (including phenoxy) is 1. The van der Waals surface area contributed by atoms with Crippen LogP contribution in [-0.2, 0) is 9.53 Å². The quantitative estimate of drug-likeness (QED) is 0.457. The maximum Gasteiger partial charge on any atom is 0.266 e. The zero-order valence-electron chi connectivity index (χ0n) is 19.0. The van der Waals surface area contributed by atoms with E-state index in [0.29, 0.717) is 53.8 Å². The van der Waals surface area contributed by atoms with Gasteiger partial charge in [0.2, 0.25) is 5.91 Å². The molecule has 9 nitrogen and oxygen atoms in total. The Hall–Kier alpha value is -3.80. The molecule has 1 aliphatic heterocycles. The van der Waals surface area contributed by atoms with Gasteiger partial charge in [-0.25, -0.2) is 28.1 Å². The number of nitrogens with zero attached hydrogens (tertiary/aromatic N) is 6. The molecule has 1 saturated heterocycles. The number of aryl methyl sites for hydroxylation is 1. The predicted octanol–water partition coefficient (Wildman–Crippen LogP) is 3.98. The van der Waals surface area contributed by atoms with E-state index in [1.165, 1.54) is 23.0 Å². The summed E-state index contributed by atoms with van der Waals surface area (Å²) in [6, 6.07) is 4.94. The average molecular weight is 485 g/mol. The zero-order chi connectivity index (χ0) is 24.7. The van der Waals surface area contributed by atoms with Gasteiger partial charge in [0.1, 0.15) is 23.8 Å². The molecule has 4 aromatic rings. The van der Waals surface area contributed by atoms with E-state index in [1.54, 1.807) is 24.8 Å². The first-order chi connectivity index (χ1) is 16.8. The third kappa shape index (κ3) is 4.14. The maximum absolute atomic E-state index is 14.8. The summed E-state index contributed by atoms with van der Waals surface area (Å²) in [4.78, 5) is 27.6. The van der Waals surface area contributed by atoms with Crippen LogP contribution < -0.4 is 10.2 Å². The van der Waals surface area contributed by atoms with E-state index in [2.05, 4.69) is 25.4 Å². The minimum atomic E-state index is -2.93. The van der Waals surface area contributed by atoms with Gasteiger partial charge < -0.3 is 15.0 Å². The molecule has 1 aromatic carbocycles. The lowest BCUT2D eigenvalue weighted by Gasteiger charge is -2.22. The van der Waals surface area contributed by atoms with Crippen molar-refractivity contribution in [2.75, 3.05) is 30.0 Å². The lowest BCUT2D eigenvalue weighted by atomic mass is 10.0. The number of fused-ring (bicyclic) bond motifs is 3. The van der Waals surface area contributed by atoms with Crippen molar-refractivity contribution in [3.05, 3.63) is 53.4 Å². The smallest absolute Gasteiger partial charge is 0.266 e. The van der Waals surface area contributed by atoms with Gasteiger partial charge in [-0.2, -0.15) is 4.52 Å². The molecule has 182 valence electrons. The monoisotopic (exact) mass is 485 g/mol. The number of aromatic nitrogens is 5. The van der Waals surface area contributed by atoms with Gasteiger partial charge in [-0.05, 0) is 19.9 Å². The number of halogens is 3. The number of amides is 1. The fraction of sp³-hybridized carbons (Fsp3) is 0.348. The van der Waals surface area contributed by atoms with Gasteiger partial charge in [0.25, 0.3) is 6.43 Å². The molecule has 0 bridgehead atoms. The first kappa shape index (κ1) is 23.0. The zero-order valence-corrected chi connectivity index (χ0v) is 19.0. The summed E-state index contributed by atoms with van der Waals surface area (Å²) in [5, 5.41) is 8.06. The molecule has 35 heavy (non-hydrogen) atoms. The van der Waals surface area contributed by atoms with Gasteiger partial charge in [-0.3, -0.25) is 4.79 Å². The molecule has 0 spiro atoms. The van der Waals surface area contributed by atoms with Crippen LogP contribution in [0.4, 0.5) is 24.7 Å². The summed E-state index contributed by atoms with van der Waals surface area (Å²) in [5.74, 6) is -0.259. The van der Waals surface area contributed by atoms with Crippen LogP contribution in [0.15, 0.2) is 30.6 Å². The highest BCUT2D eigenvalue weighted by molar-refractivity contribution is 6.01. The molecule has 4 heterocycles. The van der Waals surface area contributed by atoms with Crippen LogP contribution in [0.1, 0.15) is 42.8 Å². The summed E-state index contributed by atoms with van der Waals surface area (Å²) in [7, 11) is 0. The third-order valence-electron chi connectivity index (χ3n) is 5.91. The molecule has 0 unspecified atom stereocenters. The Bertz CT molecular complexity index is 1430. The van der Waals surface area contributed by atoms with E-state index in [9.17, 15) is 18.0 Å². The Morgan fingerprint density at radius 2 is 1.94 bits per heavy atom. The van der Waals surface area contributed by atoms with Gasteiger partial charge in [-0.1, -0.05) is 18.2 Å². The standard InChI is InChI=1S/C23H22F3N7O2/c1-12(14-4-3-5-15(19(14)24)20(25)26)29-21-16-10-17(32-7-9-35-8-6-18(32)34)23-30-13(2)31-33(23)22(16)28-11-27-21/h3-5,10-12,20H,6-9H2,1-2H3,(H,27,28,29)/t12-/m1/s1. The highest BCUT2D eigenvalue weighted by atomic mass is 19.3. The number of carbonyl (C=O) groups is 1. The molecule has 0 radical (unpaired) electrons. The molecule has 1 amide bonds. The Labute approximate surface area is 197 Å². The average Bonchev–Trinajstić information content (AvgIpc) is 3.10. The van der Waals surface area contributed by atoms with Crippen molar-refractivity contribution in [1.29, 1.82) is 0 Å². The maximum atomic E-state index is 14.8. The Balaban J connectivity index is 1.63. The first-order valence-electron chi connectivity index (χ1n) is 11.1. The van der Waals surface area contributed by atoms with E-state index >= 15 is 0 Å². The molecule has 0 aliphatic carbocycles. The van der Waals surface area contributed by atoms with Crippen LogP contribution in [0.3, 0.4) is 0 Å². The van der Waals surface area contributed by atoms with Gasteiger partial charge in [0.05, 0.1) is 42.3 Å². The number of hydrogen-bond donors (Lipinski definition) is 1. The third-order valence-corrected chi connectivity index (χ3v) is 5.91. The second kappa shape index (κ2) is 9.10. The van der Waals surface area contributed by atoms with Crippen LogP contribution in [0.25, 0.3) is 16.7 Å². The van der Waals surface area contributed by atoms with E-state index in [0.717, 1.165) is 6.07 Å². The summed E-state index contributed by atoms with van der Waals surface area (Å²) >= 11 is 0. The molecule has 1 atom stereocenters. The van der Waals surface area contributed by atoms with Crippen LogP contribution in [0, 0.1) is 12.7 Å². The normalized spacial score (nSPS) is 15.7. The topological polar surface area (TPSA) is 97.5 Å². The highest BCUT2D eigenvalue weighted by Crippen LogP contribution is 2.33. The second-order valence-corrected chi connectivity index (χ2v) is 8.21. The van der Waals surface area contributed by atoms with Gasteiger partial charge in [0, 0.05) is 12.1 Å². The molecule has 1 N–H and O–H groups in total. The van der Waals surface area contributed by atoms with E-state index in [4.69, 9.17) is 4.74 Å².